The van der Waals surface area contributed by atoms with Crippen LogP contribution in [0, 0.1) is 0 Å². The summed E-state index contributed by atoms with van der Waals surface area (Å²) in [4.78, 5) is 84.3. The van der Waals surface area contributed by atoms with Gasteiger partial charge < -0.3 is 29.1 Å². The van der Waals surface area contributed by atoms with E-state index in [-0.39, 0.29) is 54.3 Å². The number of piperazine rings is 1. The van der Waals surface area contributed by atoms with Gasteiger partial charge in [-0.3, -0.25) is 34.1 Å². The third-order valence-corrected chi connectivity index (χ3v) is 8.54. The minimum atomic E-state index is -0.657. The maximum absolute atomic E-state index is 12.2. The maximum Gasteiger partial charge on any atom is 0.410 e. The SMILES string of the molecule is CC(C)(C)OC(=O)N1CCC(OCCON2C(=O)c3ccccc3C2=O)CC1.CC(C)(C)OC(=O)N1CCN(OCCO)CC1.O=C1c2ccccc2C(=O)N1O. The Bertz CT molecular complexity index is 1670. The highest BCUT2D eigenvalue weighted by Gasteiger charge is 2.37. The van der Waals surface area contributed by atoms with E-state index in [0.29, 0.717) is 69.8 Å². The molecule has 0 aromatic heterocycles. The molecule has 4 heterocycles. The summed E-state index contributed by atoms with van der Waals surface area (Å²) in [6, 6.07) is 12.9. The number of imide groups is 2. The zero-order valence-electron chi connectivity index (χ0n) is 33.3. The zero-order valence-corrected chi connectivity index (χ0v) is 33.3. The second-order valence-electron chi connectivity index (χ2n) is 15.2. The number of carbonyl (C=O) groups excluding carboxylic acids is 6. The molecule has 4 aliphatic heterocycles. The van der Waals surface area contributed by atoms with Crippen molar-refractivity contribution in [3.63, 3.8) is 0 Å². The number of aliphatic hydroxyl groups excluding tert-OH is 1. The van der Waals surface area contributed by atoms with Gasteiger partial charge in [0.1, 0.15) is 11.2 Å². The molecule has 0 radical (unpaired) electrons. The molecule has 2 aromatic carbocycles. The molecule has 2 saturated heterocycles. The molecule has 0 unspecified atom stereocenters. The fraction of sp³-hybridized carbons (Fsp3) is 0.538. The number of ether oxygens (including phenoxy) is 3. The first-order chi connectivity index (χ1) is 26.9. The van der Waals surface area contributed by atoms with Crippen molar-refractivity contribution in [3.05, 3.63) is 70.8 Å². The van der Waals surface area contributed by atoms with Gasteiger partial charge in [0.15, 0.2) is 0 Å². The number of aliphatic hydroxyl groups is 1. The van der Waals surface area contributed by atoms with E-state index >= 15 is 0 Å². The van der Waals surface area contributed by atoms with E-state index in [0.717, 1.165) is 5.06 Å². The van der Waals surface area contributed by atoms with Gasteiger partial charge >= 0.3 is 12.2 Å². The predicted octanol–water partition coefficient (Wildman–Crippen LogP) is 3.77. The average molecular weight is 800 g/mol. The summed E-state index contributed by atoms with van der Waals surface area (Å²) < 4.78 is 16.4. The van der Waals surface area contributed by atoms with Gasteiger partial charge in [-0.25, -0.2) is 9.59 Å². The van der Waals surface area contributed by atoms with E-state index in [1.165, 1.54) is 12.1 Å². The van der Waals surface area contributed by atoms with Crippen LogP contribution in [0.25, 0.3) is 0 Å². The molecule has 18 heteroatoms. The smallest absolute Gasteiger partial charge is 0.410 e. The Hall–Kier alpha value is -4.98. The molecule has 0 bridgehead atoms. The summed E-state index contributed by atoms with van der Waals surface area (Å²) in [6.07, 6.45) is 0.821. The topological polar surface area (TPSA) is 205 Å². The number of nitrogens with zero attached hydrogens (tertiary/aromatic N) is 5. The van der Waals surface area contributed by atoms with Crippen LogP contribution in [0.4, 0.5) is 9.59 Å². The normalized spacial score (nSPS) is 17.4. The van der Waals surface area contributed by atoms with Crippen LogP contribution in [0.5, 0.6) is 0 Å². The third kappa shape index (κ3) is 12.8. The minimum absolute atomic E-state index is 0.00413. The first-order valence-electron chi connectivity index (χ1n) is 18.7. The van der Waals surface area contributed by atoms with Gasteiger partial charge in [0, 0.05) is 39.3 Å². The molecule has 4 aliphatic rings. The summed E-state index contributed by atoms with van der Waals surface area (Å²) in [6.45, 7) is 15.3. The lowest BCUT2D eigenvalue weighted by Crippen LogP contribution is -2.50. The Morgan fingerprint density at radius 3 is 1.46 bits per heavy atom. The monoisotopic (exact) mass is 799 g/mol. The van der Waals surface area contributed by atoms with Crippen LogP contribution in [0.15, 0.2) is 48.5 Å². The molecular weight excluding hydrogens is 746 g/mol. The number of benzene rings is 2. The van der Waals surface area contributed by atoms with E-state index in [9.17, 15) is 28.8 Å². The van der Waals surface area contributed by atoms with E-state index < -0.39 is 34.8 Å². The van der Waals surface area contributed by atoms with Gasteiger partial charge in [-0.05, 0) is 78.6 Å². The molecular formula is C39H53N5O13. The number of carbonyl (C=O) groups is 6. The van der Waals surface area contributed by atoms with Crippen LogP contribution in [-0.2, 0) is 23.9 Å². The molecule has 2 aromatic rings. The number of rotatable bonds is 8. The second kappa shape index (κ2) is 19.9. The highest BCUT2D eigenvalue weighted by molar-refractivity contribution is 6.21. The van der Waals surface area contributed by atoms with Gasteiger partial charge in [-0.2, -0.15) is 5.06 Å². The van der Waals surface area contributed by atoms with E-state index in [1.54, 1.807) is 51.3 Å². The molecule has 0 spiro atoms. The molecule has 6 rings (SSSR count). The highest BCUT2D eigenvalue weighted by atomic mass is 16.7. The molecule has 0 aliphatic carbocycles. The first kappa shape index (κ1) is 44.7. The Morgan fingerprint density at radius 1 is 0.614 bits per heavy atom. The van der Waals surface area contributed by atoms with Gasteiger partial charge in [0.2, 0.25) is 0 Å². The number of piperidine rings is 1. The van der Waals surface area contributed by atoms with Crippen LogP contribution < -0.4 is 0 Å². The van der Waals surface area contributed by atoms with Crippen LogP contribution in [0.1, 0.15) is 95.8 Å². The molecule has 0 atom stereocenters. The summed E-state index contributed by atoms with van der Waals surface area (Å²) >= 11 is 0. The van der Waals surface area contributed by atoms with Crippen molar-refractivity contribution in [3.8, 4) is 0 Å². The van der Waals surface area contributed by atoms with Crippen LogP contribution >= 0.6 is 0 Å². The molecule has 0 saturated carbocycles. The van der Waals surface area contributed by atoms with Crippen molar-refractivity contribution in [2.24, 2.45) is 0 Å². The Balaban J connectivity index is 0.000000210. The highest BCUT2D eigenvalue weighted by Crippen LogP contribution is 2.23. The predicted molar refractivity (Wildman–Crippen MR) is 201 cm³/mol. The Kier molecular flexibility index (Phi) is 15.6. The van der Waals surface area contributed by atoms with Crippen molar-refractivity contribution in [2.45, 2.75) is 71.7 Å². The molecule has 312 valence electrons. The van der Waals surface area contributed by atoms with Crippen molar-refractivity contribution in [2.75, 3.05) is 65.7 Å². The fourth-order valence-corrected chi connectivity index (χ4v) is 5.83. The van der Waals surface area contributed by atoms with Crippen molar-refractivity contribution in [1.82, 2.24) is 25.0 Å². The summed E-state index contributed by atoms with van der Waals surface area (Å²) in [5, 5.41) is 20.2. The number of hydrogen-bond acceptors (Lipinski definition) is 14. The number of amides is 6. The van der Waals surface area contributed by atoms with E-state index in [1.807, 2.05) is 41.5 Å². The third-order valence-electron chi connectivity index (χ3n) is 8.54. The quantitative estimate of drug-likeness (QED) is 0.222. The Morgan fingerprint density at radius 2 is 1.04 bits per heavy atom. The van der Waals surface area contributed by atoms with Gasteiger partial charge in [-0.1, -0.05) is 24.3 Å². The van der Waals surface area contributed by atoms with E-state index in [2.05, 4.69) is 0 Å². The minimum Gasteiger partial charge on any atom is -0.444 e. The van der Waals surface area contributed by atoms with Crippen molar-refractivity contribution >= 4 is 35.8 Å². The largest absolute Gasteiger partial charge is 0.444 e. The lowest BCUT2D eigenvalue weighted by atomic mass is 10.1. The molecule has 2 fully saturated rings. The van der Waals surface area contributed by atoms with Crippen LogP contribution in [0.2, 0.25) is 0 Å². The van der Waals surface area contributed by atoms with Crippen molar-refractivity contribution < 1.29 is 63.0 Å². The van der Waals surface area contributed by atoms with Gasteiger partial charge in [0.25, 0.3) is 23.6 Å². The lowest BCUT2D eigenvalue weighted by molar-refractivity contribution is -0.180. The number of hydrogen-bond donors (Lipinski definition) is 2. The number of likely N-dealkylation sites (tertiary alicyclic amines) is 1. The number of fused-ring (bicyclic) bond motifs is 2. The lowest BCUT2D eigenvalue weighted by Gasteiger charge is -2.34. The molecule has 57 heavy (non-hydrogen) atoms. The second-order valence-corrected chi connectivity index (χ2v) is 15.2. The van der Waals surface area contributed by atoms with Gasteiger partial charge in [-0.15, -0.1) is 10.1 Å². The number of hydroxylamine groups is 6. The van der Waals surface area contributed by atoms with Crippen molar-refractivity contribution in [1.29, 1.82) is 0 Å². The van der Waals surface area contributed by atoms with Crippen LogP contribution in [-0.4, -0.2) is 154 Å². The fourth-order valence-electron chi connectivity index (χ4n) is 5.83. The van der Waals surface area contributed by atoms with Crippen LogP contribution in [0.3, 0.4) is 0 Å². The standard InChI is InChI=1S/C20H26N2O6.C11H22N2O4.C8H5NO3/c1-20(2,3)28-19(25)21-10-8-14(9-11-21)26-12-13-27-22-17(23)15-6-4-5-7-16(15)18(22)24;1-11(2,3)17-10(15)12-4-6-13(7-5-12)16-9-8-14;10-7-5-3-1-2-4-6(5)8(11)9(7)12/h4-7,14H,8-13H2,1-3H3;14H,4-9H2,1-3H3;1-4,12H. The van der Waals surface area contributed by atoms with E-state index in [4.69, 9.17) is 34.2 Å². The summed E-state index contributed by atoms with van der Waals surface area (Å²) in [7, 11) is 0. The zero-order chi connectivity index (χ0) is 41.9. The molecule has 18 nitrogen and oxygen atoms in total. The maximum atomic E-state index is 12.2. The Labute approximate surface area is 331 Å². The summed E-state index contributed by atoms with van der Waals surface area (Å²) in [5.74, 6) is -2.22. The molecule has 2 N–H and O–H groups in total. The van der Waals surface area contributed by atoms with Gasteiger partial charge in [0.05, 0.1) is 54.8 Å². The molecule has 6 amide bonds. The first-order valence-corrected chi connectivity index (χ1v) is 18.7. The average Bonchev–Trinajstić information content (AvgIpc) is 3.54. The summed E-state index contributed by atoms with van der Waals surface area (Å²) in [5.41, 5.74) is 0.244.